The lowest BCUT2D eigenvalue weighted by molar-refractivity contribution is -0.384. The Morgan fingerprint density at radius 3 is 2.35 bits per heavy atom. The fourth-order valence-electron chi connectivity index (χ4n) is 1.31. The number of hydrogen-bond donors (Lipinski definition) is 0. The molecule has 0 spiro atoms. The fourth-order valence-corrected chi connectivity index (χ4v) is 1.66. The average molecular weight is 317 g/mol. The summed E-state index contributed by atoms with van der Waals surface area (Å²) in [6.07, 6.45) is 0. The highest BCUT2D eigenvalue weighted by molar-refractivity contribution is 6.31. The Labute approximate surface area is 122 Å². The van der Waals surface area contributed by atoms with E-state index in [1.54, 1.807) is 0 Å². The zero-order chi connectivity index (χ0) is 14.7. The minimum absolute atomic E-state index is 0.0556. The van der Waals surface area contributed by atoms with Crippen molar-refractivity contribution in [3.63, 3.8) is 0 Å². The topological polar surface area (TPSA) is 100 Å². The summed E-state index contributed by atoms with van der Waals surface area (Å²) in [5, 5.41) is 10.4. The smallest absolute Gasteiger partial charge is 0.327 e. The van der Waals surface area contributed by atoms with Crippen LogP contribution in [0.25, 0.3) is 0 Å². The third-order valence-electron chi connectivity index (χ3n) is 2.12. The highest BCUT2D eigenvalue weighted by Gasteiger charge is 2.15. The quantitative estimate of drug-likeness (QED) is 0.631. The van der Waals surface area contributed by atoms with Gasteiger partial charge in [-0.15, -0.1) is 0 Å². The van der Waals surface area contributed by atoms with Gasteiger partial charge in [0.05, 0.1) is 18.1 Å². The molecule has 0 atom stereocenters. The van der Waals surface area contributed by atoms with Crippen LogP contribution in [-0.4, -0.2) is 27.0 Å². The van der Waals surface area contributed by atoms with Crippen LogP contribution in [0.1, 0.15) is 0 Å². The number of non-ortho nitro benzene ring substituents is 1. The van der Waals surface area contributed by atoms with Gasteiger partial charge in [0.25, 0.3) is 5.69 Å². The predicted octanol–water partition coefficient (Wildman–Crippen LogP) is 2.89. The minimum Gasteiger partial charge on any atom is -0.493 e. The molecule has 0 amide bonds. The number of methoxy groups -OCH3 is 1. The first-order valence-electron chi connectivity index (χ1n) is 5.07. The first-order valence-corrected chi connectivity index (χ1v) is 5.82. The van der Waals surface area contributed by atoms with Gasteiger partial charge in [0.2, 0.25) is 10.6 Å². The maximum Gasteiger partial charge on any atom is 0.327 e. The molecule has 8 nitrogen and oxygen atoms in total. The summed E-state index contributed by atoms with van der Waals surface area (Å²) in [5.74, 6) is 0.322. The monoisotopic (exact) mass is 316 g/mol. The molecule has 2 rings (SSSR count). The molecule has 0 bridgehead atoms. The van der Waals surface area contributed by atoms with Gasteiger partial charge in [-0.3, -0.25) is 10.1 Å². The molecule has 1 aromatic heterocycles. The number of hydrogen-bond acceptors (Lipinski definition) is 7. The van der Waals surface area contributed by atoms with Crippen molar-refractivity contribution < 1.29 is 14.4 Å². The molecule has 0 aliphatic heterocycles. The van der Waals surface area contributed by atoms with Crippen LogP contribution in [-0.2, 0) is 0 Å². The number of halogens is 2. The summed E-state index contributed by atoms with van der Waals surface area (Å²) in [5.41, 5.74) is -0.174. The summed E-state index contributed by atoms with van der Waals surface area (Å²) in [6, 6.07) is 3.63. The number of ether oxygens (including phenoxy) is 2. The van der Waals surface area contributed by atoms with Crippen LogP contribution in [0, 0.1) is 10.1 Å². The molecule has 0 unspecified atom stereocenters. The Kier molecular flexibility index (Phi) is 4.16. The molecule has 1 heterocycles. The minimum atomic E-state index is -0.570. The molecule has 0 aliphatic carbocycles. The molecule has 0 N–H and O–H groups in total. The van der Waals surface area contributed by atoms with E-state index in [2.05, 4.69) is 15.0 Å². The molecule has 10 heteroatoms. The van der Waals surface area contributed by atoms with E-state index in [4.69, 9.17) is 32.7 Å². The van der Waals surface area contributed by atoms with Crippen molar-refractivity contribution in [2.24, 2.45) is 0 Å². The van der Waals surface area contributed by atoms with E-state index >= 15 is 0 Å². The van der Waals surface area contributed by atoms with Crippen LogP contribution in [0.15, 0.2) is 18.2 Å². The van der Waals surface area contributed by atoms with Gasteiger partial charge in [-0.1, -0.05) is 0 Å². The van der Waals surface area contributed by atoms with E-state index in [9.17, 15) is 10.1 Å². The normalized spacial score (nSPS) is 10.2. The Hall–Kier alpha value is -2.19. The second-order valence-corrected chi connectivity index (χ2v) is 4.03. The van der Waals surface area contributed by atoms with Crippen LogP contribution in [0.5, 0.6) is 17.5 Å². The summed E-state index contributed by atoms with van der Waals surface area (Å²) < 4.78 is 10.3. The van der Waals surface area contributed by atoms with E-state index in [1.165, 1.54) is 25.3 Å². The fraction of sp³-hybridized carbons (Fsp3) is 0.100. The molecule has 0 aliphatic rings. The first kappa shape index (κ1) is 14.2. The van der Waals surface area contributed by atoms with Gasteiger partial charge in [-0.2, -0.15) is 15.0 Å². The van der Waals surface area contributed by atoms with Crippen molar-refractivity contribution in [1.29, 1.82) is 0 Å². The van der Waals surface area contributed by atoms with Gasteiger partial charge in [0.15, 0.2) is 11.5 Å². The number of nitro benzene ring substituents is 1. The SMILES string of the molecule is COc1ccc([N+](=O)[O-])cc1Oc1nc(Cl)nc(Cl)n1. The van der Waals surface area contributed by atoms with Gasteiger partial charge in [0, 0.05) is 6.07 Å². The molecular weight excluding hydrogens is 311 g/mol. The van der Waals surface area contributed by atoms with Crippen LogP contribution in [0.4, 0.5) is 5.69 Å². The van der Waals surface area contributed by atoms with Crippen LogP contribution in [0.2, 0.25) is 10.6 Å². The summed E-state index contributed by atoms with van der Waals surface area (Å²) in [4.78, 5) is 21.1. The van der Waals surface area contributed by atoms with Crippen molar-refractivity contribution in [2.45, 2.75) is 0 Å². The van der Waals surface area contributed by atoms with Gasteiger partial charge in [0.1, 0.15) is 0 Å². The summed E-state index contributed by atoms with van der Waals surface area (Å²) in [6.45, 7) is 0. The standard InChI is InChI=1S/C10H6Cl2N4O4/c1-19-6-3-2-5(16(17)18)4-7(6)20-10-14-8(11)13-9(12)15-10/h2-4H,1H3. The molecule has 2 aromatic rings. The number of aromatic nitrogens is 3. The number of rotatable bonds is 4. The Morgan fingerprint density at radius 1 is 1.15 bits per heavy atom. The highest BCUT2D eigenvalue weighted by atomic mass is 35.5. The first-order chi connectivity index (χ1) is 9.49. The van der Waals surface area contributed by atoms with E-state index < -0.39 is 4.92 Å². The lowest BCUT2D eigenvalue weighted by Gasteiger charge is -2.08. The molecular formula is C10H6Cl2N4O4. The second kappa shape index (κ2) is 5.85. The largest absolute Gasteiger partial charge is 0.493 e. The molecule has 104 valence electrons. The molecule has 0 saturated heterocycles. The van der Waals surface area contributed by atoms with Crippen molar-refractivity contribution in [3.8, 4) is 17.5 Å². The number of nitro groups is 1. The second-order valence-electron chi connectivity index (χ2n) is 3.35. The zero-order valence-corrected chi connectivity index (χ0v) is 11.4. The van der Waals surface area contributed by atoms with Crippen molar-refractivity contribution >= 4 is 28.9 Å². The lowest BCUT2D eigenvalue weighted by atomic mass is 10.3. The van der Waals surface area contributed by atoms with Crippen LogP contribution < -0.4 is 9.47 Å². The van der Waals surface area contributed by atoms with Crippen molar-refractivity contribution in [2.75, 3.05) is 7.11 Å². The third kappa shape index (κ3) is 3.22. The van der Waals surface area contributed by atoms with Crippen molar-refractivity contribution in [3.05, 3.63) is 38.9 Å². The van der Waals surface area contributed by atoms with Crippen LogP contribution >= 0.6 is 23.2 Å². The Balaban J connectivity index is 2.40. The highest BCUT2D eigenvalue weighted by Crippen LogP contribution is 2.33. The Morgan fingerprint density at radius 2 is 1.80 bits per heavy atom. The number of nitrogens with zero attached hydrogens (tertiary/aromatic N) is 4. The maximum absolute atomic E-state index is 10.7. The third-order valence-corrected chi connectivity index (χ3v) is 2.46. The van der Waals surface area contributed by atoms with Crippen LogP contribution in [0.3, 0.4) is 0 Å². The van der Waals surface area contributed by atoms with E-state index in [0.717, 1.165) is 0 Å². The maximum atomic E-state index is 10.7. The van der Waals surface area contributed by atoms with Gasteiger partial charge in [-0.05, 0) is 29.3 Å². The predicted molar refractivity (Wildman–Crippen MR) is 69.6 cm³/mol. The molecule has 0 saturated carbocycles. The molecule has 0 radical (unpaired) electrons. The number of benzene rings is 1. The van der Waals surface area contributed by atoms with Gasteiger partial charge in [-0.25, -0.2) is 0 Å². The van der Waals surface area contributed by atoms with E-state index in [1.807, 2.05) is 0 Å². The van der Waals surface area contributed by atoms with Gasteiger partial charge < -0.3 is 9.47 Å². The Bertz CT molecular complexity index is 647. The molecule has 1 aromatic carbocycles. The molecule has 0 fully saturated rings. The summed E-state index contributed by atoms with van der Waals surface area (Å²) in [7, 11) is 1.39. The lowest BCUT2D eigenvalue weighted by Crippen LogP contribution is -1.98. The van der Waals surface area contributed by atoms with Crippen molar-refractivity contribution in [1.82, 2.24) is 15.0 Å². The average Bonchev–Trinajstić information content (AvgIpc) is 2.37. The van der Waals surface area contributed by atoms with Gasteiger partial charge >= 0.3 is 6.01 Å². The van der Waals surface area contributed by atoms with E-state index in [-0.39, 0.29) is 33.8 Å². The van der Waals surface area contributed by atoms with E-state index in [0.29, 0.717) is 0 Å². The summed E-state index contributed by atoms with van der Waals surface area (Å²) >= 11 is 11.2. The molecule has 20 heavy (non-hydrogen) atoms. The zero-order valence-electron chi connectivity index (χ0n) is 9.91.